The maximum Gasteiger partial charge on any atom is 0.140 e. The first kappa shape index (κ1) is 12.9. The summed E-state index contributed by atoms with van der Waals surface area (Å²) in [6.07, 6.45) is 1.97. The number of hydrogen-bond acceptors (Lipinski definition) is 3. The van der Waals surface area contributed by atoms with E-state index in [4.69, 9.17) is 11.6 Å². The van der Waals surface area contributed by atoms with Gasteiger partial charge in [0, 0.05) is 38.9 Å². The zero-order valence-electron chi connectivity index (χ0n) is 11.4. The molecule has 0 aliphatic carbocycles. The van der Waals surface area contributed by atoms with Gasteiger partial charge in [-0.05, 0) is 25.5 Å². The van der Waals surface area contributed by atoms with E-state index in [1.54, 1.807) is 0 Å². The van der Waals surface area contributed by atoms with Crippen LogP contribution in [-0.2, 0) is 6.54 Å². The van der Waals surface area contributed by atoms with Gasteiger partial charge in [0.25, 0.3) is 0 Å². The number of nitrogens with one attached hydrogen (secondary N) is 1. The first-order chi connectivity index (χ1) is 9.15. The average molecular weight is 279 g/mol. The molecule has 19 heavy (non-hydrogen) atoms. The Morgan fingerprint density at radius 2 is 2.05 bits per heavy atom. The highest BCUT2D eigenvalue weighted by atomic mass is 35.5. The minimum atomic E-state index is 0.768. The van der Waals surface area contributed by atoms with Crippen molar-refractivity contribution in [2.24, 2.45) is 0 Å². The molecule has 0 saturated carbocycles. The minimum Gasteiger partial charge on any atom is -0.314 e. The molecule has 1 fully saturated rings. The Hall–Kier alpha value is -1.10. The number of fused-ring (bicyclic) bond motifs is 1. The van der Waals surface area contributed by atoms with Crippen LogP contribution in [0.25, 0.3) is 5.65 Å². The summed E-state index contributed by atoms with van der Waals surface area (Å²) in [6.45, 7) is 9.39. The van der Waals surface area contributed by atoms with Crippen LogP contribution in [0.4, 0.5) is 0 Å². The highest BCUT2D eigenvalue weighted by Gasteiger charge is 2.16. The number of hydrogen-bond donors (Lipinski definition) is 1. The molecule has 1 aliphatic rings. The summed E-state index contributed by atoms with van der Waals surface area (Å²) < 4.78 is 2.15. The standard InChI is InChI=1S/C14H19ClN4/c1-10-7-12(15)8-19-13(11(2)17-14(10)19)9-18-5-3-16-4-6-18/h7-8,16H,3-6,9H2,1-2H3. The number of aromatic nitrogens is 2. The first-order valence-electron chi connectivity index (χ1n) is 6.72. The number of halogens is 1. The zero-order valence-corrected chi connectivity index (χ0v) is 12.2. The Morgan fingerprint density at radius 1 is 1.32 bits per heavy atom. The predicted molar refractivity (Wildman–Crippen MR) is 77.8 cm³/mol. The predicted octanol–water partition coefficient (Wildman–Crippen LogP) is 2.01. The molecule has 1 saturated heterocycles. The highest BCUT2D eigenvalue weighted by molar-refractivity contribution is 6.30. The van der Waals surface area contributed by atoms with Crippen LogP contribution in [0.1, 0.15) is 17.0 Å². The molecule has 3 rings (SSSR count). The molecule has 3 heterocycles. The average Bonchev–Trinajstić information content (AvgIpc) is 2.69. The SMILES string of the molecule is Cc1nc2c(C)cc(Cl)cn2c1CN1CCNCC1. The first-order valence-corrected chi connectivity index (χ1v) is 7.09. The third-order valence-electron chi connectivity index (χ3n) is 3.75. The van der Waals surface area contributed by atoms with Crippen molar-refractivity contribution in [3.05, 3.63) is 34.2 Å². The van der Waals surface area contributed by atoms with Gasteiger partial charge < -0.3 is 9.72 Å². The van der Waals surface area contributed by atoms with Crippen molar-refractivity contribution >= 4 is 17.2 Å². The van der Waals surface area contributed by atoms with Gasteiger partial charge in [0.15, 0.2) is 0 Å². The molecule has 4 nitrogen and oxygen atoms in total. The molecule has 1 aliphatic heterocycles. The fraction of sp³-hybridized carbons (Fsp3) is 0.500. The van der Waals surface area contributed by atoms with Crippen molar-refractivity contribution in [3.8, 4) is 0 Å². The van der Waals surface area contributed by atoms with Gasteiger partial charge in [0.05, 0.1) is 16.4 Å². The van der Waals surface area contributed by atoms with Crippen LogP contribution in [0.5, 0.6) is 0 Å². The molecule has 2 aromatic rings. The van der Waals surface area contributed by atoms with Crippen LogP contribution >= 0.6 is 11.6 Å². The molecule has 2 aromatic heterocycles. The van der Waals surface area contributed by atoms with E-state index in [9.17, 15) is 0 Å². The largest absolute Gasteiger partial charge is 0.314 e. The topological polar surface area (TPSA) is 32.6 Å². The van der Waals surface area contributed by atoms with E-state index in [0.29, 0.717) is 0 Å². The molecule has 0 spiro atoms. The van der Waals surface area contributed by atoms with Crippen molar-refractivity contribution in [3.63, 3.8) is 0 Å². The van der Waals surface area contributed by atoms with Gasteiger partial charge in [-0.3, -0.25) is 4.90 Å². The zero-order chi connectivity index (χ0) is 13.4. The second-order valence-corrected chi connectivity index (χ2v) is 5.64. The third-order valence-corrected chi connectivity index (χ3v) is 3.96. The molecule has 5 heteroatoms. The Balaban J connectivity index is 1.99. The summed E-state index contributed by atoms with van der Waals surface area (Å²) in [6, 6.07) is 1.97. The molecule has 0 amide bonds. The van der Waals surface area contributed by atoms with E-state index in [-0.39, 0.29) is 0 Å². The van der Waals surface area contributed by atoms with E-state index in [0.717, 1.165) is 54.7 Å². The van der Waals surface area contributed by atoms with Crippen LogP contribution in [0, 0.1) is 13.8 Å². The summed E-state index contributed by atoms with van der Waals surface area (Å²) in [4.78, 5) is 7.14. The van der Waals surface area contributed by atoms with Crippen LogP contribution in [-0.4, -0.2) is 40.5 Å². The van der Waals surface area contributed by atoms with Crippen molar-refractivity contribution in [2.75, 3.05) is 26.2 Å². The van der Waals surface area contributed by atoms with E-state index in [2.05, 4.69) is 33.4 Å². The van der Waals surface area contributed by atoms with Crippen molar-refractivity contribution < 1.29 is 0 Å². The lowest BCUT2D eigenvalue weighted by atomic mass is 10.2. The summed E-state index contributed by atoms with van der Waals surface area (Å²) in [5.41, 5.74) is 4.50. The number of rotatable bonds is 2. The van der Waals surface area contributed by atoms with Crippen molar-refractivity contribution in [1.29, 1.82) is 0 Å². The van der Waals surface area contributed by atoms with Gasteiger partial charge in [-0.1, -0.05) is 11.6 Å². The minimum absolute atomic E-state index is 0.768. The second-order valence-electron chi connectivity index (χ2n) is 5.20. The molecule has 0 atom stereocenters. The van der Waals surface area contributed by atoms with Gasteiger partial charge in [0.2, 0.25) is 0 Å². The number of aryl methyl sites for hydroxylation is 2. The van der Waals surface area contributed by atoms with E-state index >= 15 is 0 Å². The van der Waals surface area contributed by atoms with Gasteiger partial charge in [-0.2, -0.15) is 0 Å². The summed E-state index contributed by atoms with van der Waals surface area (Å²) in [7, 11) is 0. The van der Waals surface area contributed by atoms with Gasteiger partial charge in [0.1, 0.15) is 5.65 Å². The Kier molecular flexibility index (Phi) is 3.48. The van der Waals surface area contributed by atoms with Crippen molar-refractivity contribution in [2.45, 2.75) is 20.4 Å². The van der Waals surface area contributed by atoms with Gasteiger partial charge >= 0.3 is 0 Å². The quantitative estimate of drug-likeness (QED) is 0.912. The number of imidazole rings is 1. The van der Waals surface area contributed by atoms with Crippen LogP contribution in [0.15, 0.2) is 12.3 Å². The second kappa shape index (κ2) is 5.12. The van der Waals surface area contributed by atoms with Crippen LogP contribution in [0.3, 0.4) is 0 Å². The van der Waals surface area contributed by atoms with E-state index in [1.165, 1.54) is 5.69 Å². The van der Waals surface area contributed by atoms with E-state index in [1.807, 2.05) is 12.3 Å². The van der Waals surface area contributed by atoms with Gasteiger partial charge in [-0.25, -0.2) is 4.98 Å². The highest BCUT2D eigenvalue weighted by Crippen LogP contribution is 2.21. The summed E-state index contributed by atoms with van der Waals surface area (Å²) in [5, 5.41) is 4.15. The van der Waals surface area contributed by atoms with E-state index < -0.39 is 0 Å². The lowest BCUT2D eigenvalue weighted by Crippen LogP contribution is -2.43. The molecule has 1 N–H and O–H groups in total. The van der Waals surface area contributed by atoms with Gasteiger partial charge in [-0.15, -0.1) is 0 Å². The number of pyridine rings is 1. The summed E-state index contributed by atoms with van der Waals surface area (Å²) in [5.74, 6) is 0. The third kappa shape index (κ3) is 2.48. The molecule has 0 aromatic carbocycles. The lowest BCUT2D eigenvalue weighted by Gasteiger charge is -2.27. The summed E-state index contributed by atoms with van der Waals surface area (Å²) >= 11 is 6.18. The fourth-order valence-corrected chi connectivity index (χ4v) is 2.96. The number of nitrogens with zero attached hydrogens (tertiary/aromatic N) is 3. The van der Waals surface area contributed by atoms with Crippen LogP contribution in [0.2, 0.25) is 5.02 Å². The Bertz CT molecular complexity index is 599. The molecule has 0 radical (unpaired) electrons. The molecule has 0 unspecified atom stereocenters. The molecular formula is C14H19ClN4. The van der Waals surface area contributed by atoms with Crippen molar-refractivity contribution in [1.82, 2.24) is 19.6 Å². The smallest absolute Gasteiger partial charge is 0.140 e. The Morgan fingerprint density at radius 3 is 2.79 bits per heavy atom. The fourth-order valence-electron chi connectivity index (χ4n) is 2.70. The monoisotopic (exact) mass is 278 g/mol. The maximum atomic E-state index is 6.18. The lowest BCUT2D eigenvalue weighted by molar-refractivity contribution is 0.230. The Labute approximate surface area is 118 Å². The molecule has 0 bridgehead atoms. The van der Waals surface area contributed by atoms with Crippen LogP contribution < -0.4 is 5.32 Å². The number of piperazine rings is 1. The molecule has 102 valence electrons. The molecular weight excluding hydrogens is 260 g/mol. The maximum absolute atomic E-state index is 6.18. The normalized spacial score (nSPS) is 17.2.